The molecule has 2 saturated heterocycles. The summed E-state index contributed by atoms with van der Waals surface area (Å²) >= 11 is 0. The first kappa shape index (κ1) is 20.1. The highest BCUT2D eigenvalue weighted by Crippen LogP contribution is 2.29. The summed E-state index contributed by atoms with van der Waals surface area (Å²) in [5, 5.41) is 0. The molecule has 0 aromatic heterocycles. The van der Waals surface area contributed by atoms with Crippen LogP contribution in [0.25, 0.3) is 0 Å². The Kier molecular flexibility index (Phi) is 4.97. The zero-order valence-electron chi connectivity index (χ0n) is 18.0. The average molecular weight is 425 g/mol. The van der Waals surface area contributed by atoms with Gasteiger partial charge in [0.25, 0.3) is 0 Å². The van der Waals surface area contributed by atoms with Crippen molar-refractivity contribution in [1.82, 2.24) is 14.7 Å². The highest BCUT2D eigenvalue weighted by atomic mass is 16.5. The van der Waals surface area contributed by atoms with Crippen LogP contribution < -0.4 is 0 Å². The van der Waals surface area contributed by atoms with Crippen molar-refractivity contribution in [3.05, 3.63) is 45.7 Å². The van der Waals surface area contributed by atoms with Crippen molar-refractivity contribution >= 4 is 18.0 Å². The van der Waals surface area contributed by atoms with E-state index in [9.17, 15) is 14.4 Å². The van der Waals surface area contributed by atoms with Gasteiger partial charge < -0.3 is 19.3 Å². The van der Waals surface area contributed by atoms with Gasteiger partial charge in [-0.1, -0.05) is 6.07 Å². The van der Waals surface area contributed by atoms with Gasteiger partial charge in [-0.2, -0.15) is 0 Å². The van der Waals surface area contributed by atoms with E-state index < -0.39 is 0 Å². The number of fused-ring (bicyclic) bond motifs is 1. The van der Waals surface area contributed by atoms with Gasteiger partial charge in [-0.3, -0.25) is 4.90 Å². The minimum Gasteiger partial charge on any atom is -0.457 e. The van der Waals surface area contributed by atoms with Crippen molar-refractivity contribution in [3.8, 4) is 0 Å². The standard InChI is InChI=1S/C23H27N3O5/c1-14-16(3-4-18-19(14)12-30-22(18)28)5-7-24-8-6-17(11-24)25-9-10-26(23(25)29)20-13-31-21(27)15(20)2/h3-4,17H,5-13H2,1-2H3. The second-order valence-corrected chi connectivity index (χ2v) is 8.72. The number of ether oxygens (including phenoxy) is 2. The molecule has 164 valence electrons. The molecule has 31 heavy (non-hydrogen) atoms. The van der Waals surface area contributed by atoms with Gasteiger partial charge in [-0.25, -0.2) is 14.4 Å². The molecule has 1 atom stereocenters. The first-order chi connectivity index (χ1) is 14.9. The van der Waals surface area contributed by atoms with Crippen LogP contribution in [0.3, 0.4) is 0 Å². The molecule has 0 bridgehead atoms. The molecule has 1 aromatic rings. The van der Waals surface area contributed by atoms with E-state index in [4.69, 9.17) is 9.47 Å². The van der Waals surface area contributed by atoms with Crippen molar-refractivity contribution in [2.45, 2.75) is 39.3 Å². The summed E-state index contributed by atoms with van der Waals surface area (Å²) in [5.41, 5.74) is 5.36. The van der Waals surface area contributed by atoms with E-state index in [0.29, 0.717) is 36.5 Å². The van der Waals surface area contributed by atoms with Crippen LogP contribution in [0.1, 0.15) is 40.4 Å². The normalized spacial score (nSPS) is 23.8. The van der Waals surface area contributed by atoms with E-state index in [1.807, 2.05) is 17.0 Å². The van der Waals surface area contributed by atoms with E-state index in [0.717, 1.165) is 43.6 Å². The Bertz CT molecular complexity index is 1000. The monoisotopic (exact) mass is 425 g/mol. The summed E-state index contributed by atoms with van der Waals surface area (Å²) < 4.78 is 10.2. The van der Waals surface area contributed by atoms with Crippen LogP contribution in [0.5, 0.6) is 0 Å². The minimum absolute atomic E-state index is 0.0152. The SMILES string of the molecule is CC1=C(N2CCN(C3CCN(CCc4ccc5c(c4C)COC5=O)C3)C2=O)COC1=O. The van der Waals surface area contributed by atoms with E-state index in [1.54, 1.807) is 11.8 Å². The molecule has 2 fully saturated rings. The van der Waals surface area contributed by atoms with Crippen molar-refractivity contribution in [2.75, 3.05) is 39.3 Å². The number of cyclic esters (lactones) is 2. The van der Waals surface area contributed by atoms with Crippen LogP contribution in [0.4, 0.5) is 4.79 Å². The van der Waals surface area contributed by atoms with Crippen LogP contribution in [0.15, 0.2) is 23.4 Å². The third kappa shape index (κ3) is 3.39. The highest BCUT2D eigenvalue weighted by molar-refractivity contribution is 5.94. The molecule has 8 nitrogen and oxygen atoms in total. The number of carbonyl (C=O) groups is 3. The largest absolute Gasteiger partial charge is 0.457 e. The highest BCUT2D eigenvalue weighted by Gasteiger charge is 2.40. The summed E-state index contributed by atoms with van der Waals surface area (Å²) in [4.78, 5) is 42.4. The number of benzene rings is 1. The maximum atomic E-state index is 13.0. The van der Waals surface area contributed by atoms with Crippen LogP contribution >= 0.6 is 0 Å². The lowest BCUT2D eigenvalue weighted by molar-refractivity contribution is -0.136. The van der Waals surface area contributed by atoms with Crippen molar-refractivity contribution in [2.24, 2.45) is 0 Å². The van der Waals surface area contributed by atoms with Crippen molar-refractivity contribution in [1.29, 1.82) is 0 Å². The maximum Gasteiger partial charge on any atom is 0.338 e. The molecule has 1 unspecified atom stereocenters. The van der Waals surface area contributed by atoms with Gasteiger partial charge >= 0.3 is 18.0 Å². The van der Waals surface area contributed by atoms with Crippen LogP contribution in [-0.2, 0) is 27.3 Å². The number of rotatable bonds is 5. The Morgan fingerprint density at radius 1 is 1.00 bits per heavy atom. The smallest absolute Gasteiger partial charge is 0.338 e. The lowest BCUT2D eigenvalue weighted by Gasteiger charge is -2.25. The fraction of sp³-hybridized carbons (Fsp3) is 0.522. The fourth-order valence-corrected chi connectivity index (χ4v) is 5.11. The molecule has 0 N–H and O–H groups in total. The Hall–Kier alpha value is -2.87. The van der Waals surface area contributed by atoms with Gasteiger partial charge in [0.2, 0.25) is 0 Å². The lowest BCUT2D eigenvalue weighted by Crippen LogP contribution is -2.41. The van der Waals surface area contributed by atoms with Crippen LogP contribution in [-0.4, -0.2) is 78.0 Å². The number of likely N-dealkylation sites (tertiary alicyclic amines) is 1. The number of hydrogen-bond donors (Lipinski definition) is 0. The van der Waals surface area contributed by atoms with Gasteiger partial charge in [0, 0.05) is 44.3 Å². The molecule has 2 amide bonds. The van der Waals surface area contributed by atoms with Crippen LogP contribution in [0, 0.1) is 6.92 Å². The van der Waals surface area contributed by atoms with Gasteiger partial charge in [-0.05, 0) is 43.9 Å². The van der Waals surface area contributed by atoms with E-state index >= 15 is 0 Å². The first-order valence-electron chi connectivity index (χ1n) is 10.9. The number of amides is 2. The van der Waals surface area contributed by atoms with Gasteiger partial charge in [0.15, 0.2) is 0 Å². The maximum absolute atomic E-state index is 13.0. The predicted molar refractivity (Wildman–Crippen MR) is 111 cm³/mol. The molecule has 0 spiro atoms. The lowest BCUT2D eigenvalue weighted by atomic mass is 9.97. The summed E-state index contributed by atoms with van der Waals surface area (Å²) in [6.45, 7) is 8.38. The Balaban J connectivity index is 1.18. The fourth-order valence-electron chi connectivity index (χ4n) is 5.11. The molecule has 4 aliphatic rings. The average Bonchev–Trinajstić information content (AvgIpc) is 3.52. The van der Waals surface area contributed by atoms with E-state index in [-0.39, 0.29) is 30.6 Å². The Morgan fingerprint density at radius 2 is 1.81 bits per heavy atom. The number of hydrogen-bond acceptors (Lipinski definition) is 6. The molecule has 0 aliphatic carbocycles. The van der Waals surface area contributed by atoms with Crippen LogP contribution in [0.2, 0.25) is 0 Å². The molecule has 0 radical (unpaired) electrons. The molecule has 4 heterocycles. The number of esters is 2. The topological polar surface area (TPSA) is 79.4 Å². The molecular weight excluding hydrogens is 398 g/mol. The third-order valence-corrected chi connectivity index (χ3v) is 7.11. The second kappa shape index (κ2) is 7.67. The van der Waals surface area contributed by atoms with E-state index in [1.165, 1.54) is 5.56 Å². The molecule has 1 aromatic carbocycles. The van der Waals surface area contributed by atoms with Gasteiger partial charge in [-0.15, -0.1) is 0 Å². The Morgan fingerprint density at radius 3 is 2.58 bits per heavy atom. The van der Waals surface area contributed by atoms with Crippen molar-refractivity contribution < 1.29 is 23.9 Å². The third-order valence-electron chi connectivity index (χ3n) is 7.11. The van der Waals surface area contributed by atoms with Gasteiger partial charge in [0.1, 0.15) is 13.2 Å². The zero-order valence-corrected chi connectivity index (χ0v) is 18.0. The van der Waals surface area contributed by atoms with Crippen molar-refractivity contribution in [3.63, 3.8) is 0 Å². The van der Waals surface area contributed by atoms with Gasteiger partial charge in [0.05, 0.1) is 16.8 Å². The molecule has 0 saturated carbocycles. The summed E-state index contributed by atoms with van der Waals surface area (Å²) in [6, 6.07) is 4.10. The molecule has 5 rings (SSSR count). The quantitative estimate of drug-likeness (QED) is 0.670. The predicted octanol–water partition coefficient (Wildman–Crippen LogP) is 1.85. The van der Waals surface area contributed by atoms with E-state index in [2.05, 4.69) is 11.8 Å². The molecule has 8 heteroatoms. The zero-order chi connectivity index (χ0) is 21.7. The number of carbonyl (C=O) groups excluding carboxylic acids is 3. The summed E-state index contributed by atoms with van der Waals surface area (Å²) in [5.74, 6) is -0.554. The summed E-state index contributed by atoms with van der Waals surface area (Å²) in [7, 11) is 0. The minimum atomic E-state index is -0.328. The Labute approximate surface area is 181 Å². The second-order valence-electron chi connectivity index (χ2n) is 8.72. The first-order valence-corrected chi connectivity index (χ1v) is 10.9. The molecular formula is C23H27N3O5. The number of nitrogens with zero attached hydrogens (tertiary/aromatic N) is 3. The summed E-state index contributed by atoms with van der Waals surface area (Å²) in [6.07, 6.45) is 1.87. The number of urea groups is 1. The molecule has 4 aliphatic heterocycles.